The van der Waals surface area contributed by atoms with Crippen LogP contribution in [0.25, 0.3) is 0 Å². The molecule has 0 aromatic heterocycles. The van der Waals surface area contributed by atoms with E-state index in [1.165, 1.54) is 6.42 Å². The molecule has 3 heteroatoms. The van der Waals surface area contributed by atoms with E-state index in [2.05, 4.69) is 13.8 Å². The Labute approximate surface area is 93.0 Å². The summed E-state index contributed by atoms with van der Waals surface area (Å²) in [7, 11) is 0. The van der Waals surface area contributed by atoms with Gasteiger partial charge in [0.15, 0.2) is 0 Å². The number of carbonyl (C=O) groups is 1. The van der Waals surface area contributed by atoms with E-state index in [-0.39, 0.29) is 0 Å². The van der Waals surface area contributed by atoms with Crippen LogP contribution in [0.2, 0.25) is 0 Å². The summed E-state index contributed by atoms with van der Waals surface area (Å²) in [5.74, 6) is 1.23. The predicted molar refractivity (Wildman–Crippen MR) is 62.4 cm³/mol. The van der Waals surface area contributed by atoms with Gasteiger partial charge in [0.05, 0.1) is 0 Å². The molecule has 88 valence electrons. The fourth-order valence-corrected chi connectivity index (χ4v) is 1.93. The van der Waals surface area contributed by atoms with Gasteiger partial charge < -0.3 is 10.6 Å². The number of rotatable bonds is 6. The molecule has 0 aromatic carbocycles. The van der Waals surface area contributed by atoms with E-state index in [9.17, 15) is 4.79 Å². The van der Waals surface area contributed by atoms with Crippen LogP contribution in [0.5, 0.6) is 0 Å². The van der Waals surface area contributed by atoms with Gasteiger partial charge in [-0.2, -0.15) is 0 Å². The number of nitrogens with two attached hydrogens (primary N) is 1. The molecule has 2 N–H and O–H groups in total. The van der Waals surface area contributed by atoms with Crippen LogP contribution in [0.4, 0.5) is 0 Å². The molecule has 1 aliphatic carbocycles. The zero-order valence-corrected chi connectivity index (χ0v) is 10.0. The highest BCUT2D eigenvalue weighted by molar-refractivity contribution is 5.79. The lowest BCUT2D eigenvalue weighted by atomic mass is 9.84. The van der Waals surface area contributed by atoms with Crippen molar-refractivity contribution in [3.05, 3.63) is 0 Å². The third-order valence-electron chi connectivity index (χ3n) is 2.98. The van der Waals surface area contributed by atoms with Crippen LogP contribution in [0.3, 0.4) is 0 Å². The van der Waals surface area contributed by atoms with Crippen molar-refractivity contribution in [1.82, 2.24) is 4.90 Å². The molecule has 0 aliphatic heterocycles. The SMILES string of the molecule is CC(C)CN(CCCN)C(=O)C1CCC1. The second kappa shape index (κ2) is 6.11. The Balaban J connectivity index is 2.41. The van der Waals surface area contributed by atoms with Gasteiger partial charge in [-0.25, -0.2) is 0 Å². The summed E-state index contributed by atoms with van der Waals surface area (Å²) < 4.78 is 0. The van der Waals surface area contributed by atoms with Gasteiger partial charge in [-0.1, -0.05) is 20.3 Å². The lowest BCUT2D eigenvalue weighted by Gasteiger charge is -2.32. The maximum Gasteiger partial charge on any atom is 0.225 e. The minimum atomic E-state index is 0.321. The monoisotopic (exact) mass is 212 g/mol. The van der Waals surface area contributed by atoms with Crippen LogP contribution in [-0.2, 0) is 4.79 Å². The van der Waals surface area contributed by atoms with Gasteiger partial charge in [0.1, 0.15) is 0 Å². The number of nitrogens with zero attached hydrogens (tertiary/aromatic N) is 1. The van der Waals surface area contributed by atoms with Crippen LogP contribution in [0.1, 0.15) is 39.5 Å². The number of hydrogen-bond donors (Lipinski definition) is 1. The maximum absolute atomic E-state index is 12.1. The van der Waals surface area contributed by atoms with E-state index in [1.807, 2.05) is 4.90 Å². The molecule has 0 heterocycles. The molecule has 0 radical (unpaired) electrons. The lowest BCUT2D eigenvalue weighted by Crippen LogP contribution is -2.41. The van der Waals surface area contributed by atoms with Crippen LogP contribution >= 0.6 is 0 Å². The highest BCUT2D eigenvalue weighted by atomic mass is 16.2. The summed E-state index contributed by atoms with van der Waals surface area (Å²) in [6, 6.07) is 0. The van der Waals surface area contributed by atoms with Crippen molar-refractivity contribution in [3.63, 3.8) is 0 Å². The zero-order chi connectivity index (χ0) is 11.3. The average molecular weight is 212 g/mol. The van der Waals surface area contributed by atoms with Crippen molar-refractivity contribution in [2.24, 2.45) is 17.6 Å². The number of hydrogen-bond acceptors (Lipinski definition) is 2. The summed E-state index contributed by atoms with van der Waals surface area (Å²) in [5.41, 5.74) is 5.49. The third-order valence-corrected chi connectivity index (χ3v) is 2.98. The highest BCUT2D eigenvalue weighted by Gasteiger charge is 2.29. The first-order chi connectivity index (χ1) is 7.15. The van der Waals surface area contributed by atoms with E-state index >= 15 is 0 Å². The van der Waals surface area contributed by atoms with Crippen molar-refractivity contribution >= 4 is 5.91 Å². The lowest BCUT2D eigenvalue weighted by molar-refractivity contribution is -0.138. The Morgan fingerprint density at radius 3 is 2.53 bits per heavy atom. The van der Waals surface area contributed by atoms with Crippen molar-refractivity contribution in [1.29, 1.82) is 0 Å². The standard InChI is InChI=1S/C12H24N2O/c1-10(2)9-14(8-4-7-13)12(15)11-5-3-6-11/h10-11H,3-9,13H2,1-2H3. The summed E-state index contributed by atoms with van der Waals surface area (Å²) >= 11 is 0. The Bertz CT molecular complexity index is 200. The largest absolute Gasteiger partial charge is 0.342 e. The molecule has 1 saturated carbocycles. The second-order valence-corrected chi connectivity index (χ2v) is 4.95. The van der Waals surface area contributed by atoms with E-state index in [0.717, 1.165) is 32.4 Å². The Kier molecular flexibility index (Phi) is 5.09. The molecule has 0 bridgehead atoms. The minimum Gasteiger partial charge on any atom is -0.342 e. The molecule has 0 saturated heterocycles. The van der Waals surface area contributed by atoms with Gasteiger partial charge in [0.25, 0.3) is 0 Å². The normalized spacial score (nSPS) is 16.5. The van der Waals surface area contributed by atoms with E-state index in [1.54, 1.807) is 0 Å². The Morgan fingerprint density at radius 2 is 2.13 bits per heavy atom. The summed E-state index contributed by atoms with van der Waals surface area (Å²) in [6.07, 6.45) is 4.33. The highest BCUT2D eigenvalue weighted by Crippen LogP contribution is 2.28. The van der Waals surface area contributed by atoms with E-state index < -0.39 is 0 Å². The molecule has 1 fully saturated rings. The maximum atomic E-state index is 12.1. The zero-order valence-electron chi connectivity index (χ0n) is 10.0. The van der Waals surface area contributed by atoms with Gasteiger partial charge in [0.2, 0.25) is 5.91 Å². The smallest absolute Gasteiger partial charge is 0.225 e. The molecule has 1 rings (SSSR count). The van der Waals surface area contributed by atoms with Crippen molar-refractivity contribution in [2.75, 3.05) is 19.6 Å². The van der Waals surface area contributed by atoms with Gasteiger partial charge >= 0.3 is 0 Å². The Morgan fingerprint density at radius 1 is 1.47 bits per heavy atom. The average Bonchev–Trinajstić information content (AvgIpc) is 2.08. The molecule has 3 nitrogen and oxygen atoms in total. The summed E-state index contributed by atoms with van der Waals surface area (Å²) in [6.45, 7) is 6.71. The molecule has 0 spiro atoms. The molecule has 1 aliphatic rings. The number of amides is 1. The van der Waals surface area contributed by atoms with Crippen LogP contribution in [0, 0.1) is 11.8 Å². The second-order valence-electron chi connectivity index (χ2n) is 4.95. The predicted octanol–water partition coefficient (Wildman–Crippen LogP) is 1.62. The number of carbonyl (C=O) groups excluding carboxylic acids is 1. The van der Waals surface area contributed by atoms with E-state index in [0.29, 0.717) is 24.3 Å². The first-order valence-electron chi connectivity index (χ1n) is 6.14. The van der Waals surface area contributed by atoms with Crippen molar-refractivity contribution in [2.45, 2.75) is 39.5 Å². The Hall–Kier alpha value is -0.570. The molecule has 0 atom stereocenters. The van der Waals surface area contributed by atoms with Crippen LogP contribution < -0.4 is 5.73 Å². The molecule has 0 aromatic rings. The topological polar surface area (TPSA) is 46.3 Å². The fourth-order valence-electron chi connectivity index (χ4n) is 1.93. The molecule has 0 unspecified atom stereocenters. The third kappa shape index (κ3) is 3.82. The van der Waals surface area contributed by atoms with Gasteiger partial charge in [0, 0.05) is 19.0 Å². The van der Waals surface area contributed by atoms with Gasteiger partial charge in [-0.05, 0) is 31.7 Å². The molecular weight excluding hydrogens is 188 g/mol. The fraction of sp³-hybridized carbons (Fsp3) is 0.917. The molecule has 1 amide bonds. The van der Waals surface area contributed by atoms with Crippen LogP contribution in [-0.4, -0.2) is 30.4 Å². The molecule has 15 heavy (non-hydrogen) atoms. The van der Waals surface area contributed by atoms with Crippen molar-refractivity contribution < 1.29 is 4.79 Å². The minimum absolute atomic E-state index is 0.321. The molecular formula is C12H24N2O. The summed E-state index contributed by atoms with van der Waals surface area (Å²) in [5, 5.41) is 0. The first-order valence-corrected chi connectivity index (χ1v) is 6.14. The van der Waals surface area contributed by atoms with Gasteiger partial charge in [-0.15, -0.1) is 0 Å². The van der Waals surface area contributed by atoms with Gasteiger partial charge in [-0.3, -0.25) is 4.79 Å². The van der Waals surface area contributed by atoms with Crippen LogP contribution in [0.15, 0.2) is 0 Å². The van der Waals surface area contributed by atoms with E-state index in [4.69, 9.17) is 5.73 Å². The first kappa shape index (κ1) is 12.5. The van der Waals surface area contributed by atoms with Crippen molar-refractivity contribution in [3.8, 4) is 0 Å². The summed E-state index contributed by atoms with van der Waals surface area (Å²) in [4.78, 5) is 14.1. The quantitative estimate of drug-likeness (QED) is 0.727.